The summed E-state index contributed by atoms with van der Waals surface area (Å²) in [6.07, 6.45) is -1.53. The van der Waals surface area contributed by atoms with Gasteiger partial charge in [0, 0.05) is 30.6 Å². The van der Waals surface area contributed by atoms with Crippen LogP contribution >= 0.6 is 0 Å². The number of carbonyl (C=O) groups is 1. The second-order valence-corrected chi connectivity index (χ2v) is 6.00. The molecule has 2 heterocycles. The summed E-state index contributed by atoms with van der Waals surface area (Å²) >= 11 is 0. The quantitative estimate of drug-likeness (QED) is 0.509. The van der Waals surface area contributed by atoms with E-state index in [0.717, 1.165) is 5.56 Å². The van der Waals surface area contributed by atoms with Crippen LogP contribution < -0.4 is 15.4 Å². The normalized spacial score (nSPS) is 11.0. The zero-order chi connectivity index (χ0) is 21.6. The molecule has 0 spiro atoms. The first kappa shape index (κ1) is 20.8. The Balaban J connectivity index is 1.89. The summed E-state index contributed by atoms with van der Waals surface area (Å²) in [5.74, 6) is -1.16. The molecular formula is C19H16F3N5O3. The van der Waals surface area contributed by atoms with Crippen LogP contribution in [0.25, 0.3) is 11.3 Å². The van der Waals surface area contributed by atoms with Gasteiger partial charge in [0.15, 0.2) is 0 Å². The lowest BCUT2D eigenvalue weighted by Gasteiger charge is -2.12. The highest BCUT2D eigenvalue weighted by atomic mass is 19.4. The van der Waals surface area contributed by atoms with Crippen LogP contribution in [-0.4, -0.2) is 38.9 Å². The molecule has 0 aliphatic rings. The number of carboxylic acid groups (broad SMARTS) is 1. The van der Waals surface area contributed by atoms with Crippen LogP contribution in [0.2, 0.25) is 0 Å². The van der Waals surface area contributed by atoms with Crippen molar-refractivity contribution < 1.29 is 27.8 Å². The minimum atomic E-state index is -4.82. The van der Waals surface area contributed by atoms with Crippen molar-refractivity contribution in [2.75, 3.05) is 17.2 Å². The third-order valence-corrected chi connectivity index (χ3v) is 3.68. The van der Waals surface area contributed by atoms with Gasteiger partial charge in [0.05, 0.1) is 5.69 Å². The molecule has 0 aliphatic carbocycles. The van der Waals surface area contributed by atoms with Crippen molar-refractivity contribution in [3.63, 3.8) is 0 Å². The molecule has 0 atom stereocenters. The summed E-state index contributed by atoms with van der Waals surface area (Å²) in [6.45, 7) is -0.0530. The molecule has 0 saturated heterocycles. The lowest BCUT2D eigenvalue weighted by molar-refractivity contribution is -0.274. The largest absolute Gasteiger partial charge is 0.573 e. The van der Waals surface area contributed by atoms with Gasteiger partial charge in [0.1, 0.15) is 18.1 Å². The van der Waals surface area contributed by atoms with E-state index in [9.17, 15) is 18.0 Å². The van der Waals surface area contributed by atoms with Gasteiger partial charge in [0.2, 0.25) is 5.95 Å². The maximum atomic E-state index is 12.5. The zero-order valence-corrected chi connectivity index (χ0v) is 15.3. The second-order valence-electron chi connectivity index (χ2n) is 6.00. The number of rotatable bonds is 8. The Morgan fingerprint density at radius 1 is 1.10 bits per heavy atom. The van der Waals surface area contributed by atoms with Gasteiger partial charge in [-0.2, -0.15) is 4.98 Å². The Bertz CT molecular complexity index is 1020. The summed E-state index contributed by atoms with van der Waals surface area (Å²) < 4.78 is 41.5. The molecule has 2 aromatic heterocycles. The van der Waals surface area contributed by atoms with Crippen LogP contribution in [0.15, 0.2) is 54.9 Å². The van der Waals surface area contributed by atoms with Crippen LogP contribution in [0.3, 0.4) is 0 Å². The van der Waals surface area contributed by atoms with E-state index in [2.05, 4.69) is 30.3 Å². The van der Waals surface area contributed by atoms with E-state index in [1.165, 1.54) is 24.3 Å². The molecule has 0 amide bonds. The van der Waals surface area contributed by atoms with Crippen LogP contribution in [-0.2, 0) is 11.3 Å². The minimum Gasteiger partial charge on any atom is -0.480 e. The second kappa shape index (κ2) is 9.07. The number of hydrogen-bond acceptors (Lipinski definition) is 7. The fraction of sp³-hybridized carbons (Fsp3) is 0.158. The number of hydrogen-bond donors (Lipinski definition) is 3. The Morgan fingerprint density at radius 3 is 2.63 bits per heavy atom. The molecule has 0 radical (unpaired) electrons. The molecule has 0 fully saturated rings. The molecular weight excluding hydrogens is 403 g/mol. The minimum absolute atomic E-state index is 0.00531. The number of aliphatic carboxylic acids is 1. The fourth-order valence-electron chi connectivity index (χ4n) is 2.47. The highest BCUT2D eigenvalue weighted by Crippen LogP contribution is 2.28. The monoisotopic (exact) mass is 419 g/mol. The molecule has 1 aromatic carbocycles. The lowest BCUT2D eigenvalue weighted by Crippen LogP contribution is -2.17. The number of pyridine rings is 1. The first-order chi connectivity index (χ1) is 14.3. The predicted octanol–water partition coefficient (Wildman–Crippen LogP) is 3.55. The number of benzene rings is 1. The molecule has 8 nitrogen and oxygen atoms in total. The highest BCUT2D eigenvalue weighted by molar-refractivity contribution is 5.72. The van der Waals surface area contributed by atoms with Crippen molar-refractivity contribution in [3.8, 4) is 17.0 Å². The number of ether oxygens (including phenoxy) is 1. The van der Waals surface area contributed by atoms with Gasteiger partial charge in [-0.05, 0) is 23.8 Å². The Morgan fingerprint density at radius 2 is 1.93 bits per heavy atom. The summed E-state index contributed by atoms with van der Waals surface area (Å²) in [5, 5.41) is 14.5. The van der Waals surface area contributed by atoms with Crippen molar-refractivity contribution in [2.24, 2.45) is 0 Å². The summed E-state index contributed by atoms with van der Waals surface area (Å²) in [6, 6.07) is 10.5. The average molecular weight is 419 g/mol. The van der Waals surface area contributed by atoms with Crippen LogP contribution in [0.1, 0.15) is 5.56 Å². The molecule has 30 heavy (non-hydrogen) atoms. The molecule has 156 valence electrons. The van der Waals surface area contributed by atoms with E-state index in [0.29, 0.717) is 17.9 Å². The first-order valence-corrected chi connectivity index (χ1v) is 8.62. The van der Waals surface area contributed by atoms with Gasteiger partial charge in [-0.3, -0.25) is 9.78 Å². The van der Waals surface area contributed by atoms with E-state index in [1.54, 1.807) is 24.5 Å². The van der Waals surface area contributed by atoms with Gasteiger partial charge >= 0.3 is 12.3 Å². The summed E-state index contributed by atoms with van der Waals surface area (Å²) in [7, 11) is 0. The van der Waals surface area contributed by atoms with Crippen molar-refractivity contribution in [2.45, 2.75) is 12.9 Å². The van der Waals surface area contributed by atoms with Gasteiger partial charge in [-0.15, -0.1) is 13.2 Å². The van der Waals surface area contributed by atoms with Gasteiger partial charge in [-0.25, -0.2) is 4.98 Å². The van der Waals surface area contributed by atoms with Crippen molar-refractivity contribution in [1.82, 2.24) is 15.0 Å². The Kier molecular flexibility index (Phi) is 6.30. The summed E-state index contributed by atoms with van der Waals surface area (Å²) in [5.41, 5.74) is 1.49. The van der Waals surface area contributed by atoms with Crippen molar-refractivity contribution in [3.05, 3.63) is 60.4 Å². The molecule has 0 aliphatic heterocycles. The molecule has 0 unspecified atom stereocenters. The van der Waals surface area contributed by atoms with Gasteiger partial charge in [0.25, 0.3) is 0 Å². The van der Waals surface area contributed by atoms with E-state index >= 15 is 0 Å². The maximum absolute atomic E-state index is 12.5. The summed E-state index contributed by atoms with van der Waals surface area (Å²) in [4.78, 5) is 23.2. The zero-order valence-electron chi connectivity index (χ0n) is 15.3. The molecule has 3 N–H and O–H groups in total. The van der Waals surface area contributed by atoms with E-state index in [-0.39, 0.29) is 11.6 Å². The number of halogens is 3. The Labute approximate surface area is 168 Å². The van der Waals surface area contributed by atoms with Gasteiger partial charge < -0.3 is 20.5 Å². The number of nitrogens with zero attached hydrogens (tertiary/aromatic N) is 3. The van der Waals surface area contributed by atoms with Crippen molar-refractivity contribution >= 4 is 17.7 Å². The van der Waals surface area contributed by atoms with Crippen molar-refractivity contribution in [1.29, 1.82) is 0 Å². The number of carboxylic acids is 1. The lowest BCUT2D eigenvalue weighted by atomic mass is 10.1. The standard InChI is InChI=1S/C19H16F3N5O3/c20-19(21,22)30-14-5-1-4-13(7-14)15-8-16(24-10-12-3-2-6-23-9-12)27-18(26-15)25-11-17(28)29/h1-9H,10-11H2,(H,28,29)(H2,24,25,26,27). The van der Waals surface area contributed by atoms with Crippen LogP contribution in [0.4, 0.5) is 24.9 Å². The Hall–Kier alpha value is -3.89. The number of alkyl halides is 3. The molecule has 3 aromatic rings. The average Bonchev–Trinajstić information content (AvgIpc) is 2.70. The molecule has 11 heteroatoms. The maximum Gasteiger partial charge on any atom is 0.573 e. The van der Waals surface area contributed by atoms with E-state index in [4.69, 9.17) is 5.11 Å². The number of anilines is 2. The predicted molar refractivity (Wildman–Crippen MR) is 102 cm³/mol. The molecule has 0 saturated carbocycles. The van der Waals surface area contributed by atoms with Gasteiger partial charge in [-0.1, -0.05) is 18.2 Å². The SMILES string of the molecule is O=C(O)CNc1nc(NCc2cccnc2)cc(-c2cccc(OC(F)(F)F)c2)n1. The van der Waals surface area contributed by atoms with Crippen LogP contribution in [0.5, 0.6) is 5.75 Å². The third-order valence-electron chi connectivity index (χ3n) is 3.68. The highest BCUT2D eigenvalue weighted by Gasteiger charge is 2.31. The fourth-order valence-corrected chi connectivity index (χ4v) is 2.47. The molecule has 3 rings (SSSR count). The number of nitrogens with one attached hydrogen (secondary N) is 2. The number of aromatic nitrogens is 3. The third kappa shape index (κ3) is 6.33. The first-order valence-electron chi connectivity index (χ1n) is 8.62. The van der Waals surface area contributed by atoms with Crippen LogP contribution in [0, 0.1) is 0 Å². The smallest absolute Gasteiger partial charge is 0.480 e. The van der Waals surface area contributed by atoms with E-state index in [1.807, 2.05) is 6.07 Å². The van der Waals surface area contributed by atoms with E-state index < -0.39 is 24.6 Å². The topological polar surface area (TPSA) is 109 Å². The molecule has 0 bridgehead atoms.